The second-order valence-corrected chi connectivity index (χ2v) is 5.27. The summed E-state index contributed by atoms with van der Waals surface area (Å²) in [6.07, 6.45) is 0.519. The van der Waals surface area contributed by atoms with Crippen LogP contribution < -0.4 is 10.1 Å². The molecule has 132 valence electrons. The number of aliphatic imine (C=N–C) groups is 1. The summed E-state index contributed by atoms with van der Waals surface area (Å²) in [5.74, 6) is -0.303. The van der Waals surface area contributed by atoms with Gasteiger partial charge in [-0.2, -0.15) is 0 Å². The molecule has 0 unspecified atom stereocenters. The Balaban J connectivity index is 1.86. The highest BCUT2D eigenvalue weighted by Gasteiger charge is 2.12. The fourth-order valence-corrected chi connectivity index (χ4v) is 2.12. The van der Waals surface area contributed by atoms with Gasteiger partial charge in [-0.25, -0.2) is 0 Å². The van der Waals surface area contributed by atoms with Gasteiger partial charge < -0.3 is 25.4 Å². The van der Waals surface area contributed by atoms with Crippen molar-refractivity contribution in [2.45, 2.75) is 6.10 Å². The van der Waals surface area contributed by atoms with Gasteiger partial charge in [0.15, 0.2) is 11.5 Å². The van der Waals surface area contributed by atoms with Gasteiger partial charge in [0, 0.05) is 18.3 Å². The highest BCUT2D eigenvalue weighted by molar-refractivity contribution is 5.96. The van der Waals surface area contributed by atoms with Crippen LogP contribution in [0.3, 0.4) is 0 Å². The highest BCUT2D eigenvalue weighted by atomic mass is 16.5. The van der Waals surface area contributed by atoms with E-state index in [1.807, 2.05) is 0 Å². The van der Waals surface area contributed by atoms with E-state index in [1.54, 1.807) is 30.3 Å². The van der Waals surface area contributed by atoms with E-state index in [0.29, 0.717) is 11.3 Å². The number of nitrogens with zero attached hydrogens (tertiary/aromatic N) is 1. The van der Waals surface area contributed by atoms with Crippen LogP contribution in [0.4, 0.5) is 0 Å². The zero-order valence-electron chi connectivity index (χ0n) is 13.7. The van der Waals surface area contributed by atoms with Crippen molar-refractivity contribution in [3.63, 3.8) is 0 Å². The molecule has 2 rings (SSSR count). The number of aliphatic hydroxyl groups is 1. The Morgan fingerprint density at radius 1 is 1.24 bits per heavy atom. The molecule has 0 aliphatic carbocycles. The lowest BCUT2D eigenvalue weighted by Crippen LogP contribution is -2.33. The first-order valence-electron chi connectivity index (χ1n) is 7.63. The number of hydrogen-bond acceptors (Lipinski definition) is 6. The van der Waals surface area contributed by atoms with Gasteiger partial charge in [0.2, 0.25) is 0 Å². The first-order valence-corrected chi connectivity index (χ1v) is 7.63. The van der Waals surface area contributed by atoms with Crippen molar-refractivity contribution in [3.05, 3.63) is 53.6 Å². The molecule has 0 fully saturated rings. The summed E-state index contributed by atoms with van der Waals surface area (Å²) >= 11 is 0. The largest absolute Gasteiger partial charge is 0.507 e. The zero-order chi connectivity index (χ0) is 18.2. The molecule has 0 aliphatic heterocycles. The Morgan fingerprint density at radius 3 is 2.72 bits per heavy atom. The minimum absolute atomic E-state index is 0.0192. The van der Waals surface area contributed by atoms with E-state index in [9.17, 15) is 20.1 Å². The summed E-state index contributed by atoms with van der Waals surface area (Å²) in [5.41, 5.74) is 0.601. The number of aliphatic hydroxyl groups excluding tert-OH is 1. The Bertz CT molecular complexity index is 761. The molecule has 0 aliphatic rings. The van der Waals surface area contributed by atoms with Crippen LogP contribution >= 0.6 is 0 Å². The molecule has 0 saturated heterocycles. The SMILES string of the molecule is COc1cccc(C=NC[C@@H](O)CNC(=O)c2ccccc2O)c1O. The normalized spacial score (nSPS) is 12.1. The number of carbonyl (C=O) groups excluding carboxylic acids is 1. The first kappa shape index (κ1) is 18.3. The molecule has 4 N–H and O–H groups in total. The summed E-state index contributed by atoms with van der Waals surface area (Å²) in [7, 11) is 1.45. The topological polar surface area (TPSA) is 111 Å². The van der Waals surface area contributed by atoms with Gasteiger partial charge in [-0.1, -0.05) is 18.2 Å². The number of aromatic hydroxyl groups is 2. The predicted octanol–water partition coefficient (Wildman–Crippen LogP) is 1.32. The van der Waals surface area contributed by atoms with Crippen LogP contribution in [-0.2, 0) is 0 Å². The van der Waals surface area contributed by atoms with E-state index < -0.39 is 12.0 Å². The van der Waals surface area contributed by atoms with Crippen LogP contribution in [0.5, 0.6) is 17.2 Å². The Kier molecular flexibility index (Phi) is 6.36. The maximum absolute atomic E-state index is 11.9. The number of phenols is 2. The van der Waals surface area contributed by atoms with Crippen LogP contribution in [0.1, 0.15) is 15.9 Å². The number of benzene rings is 2. The van der Waals surface area contributed by atoms with Gasteiger partial charge in [-0.15, -0.1) is 0 Å². The molecule has 1 atom stereocenters. The third kappa shape index (κ3) is 4.95. The molecule has 0 radical (unpaired) electrons. The number of hydrogen-bond donors (Lipinski definition) is 4. The number of amides is 1. The molecule has 0 heterocycles. The van der Waals surface area contributed by atoms with E-state index in [2.05, 4.69) is 10.3 Å². The van der Waals surface area contributed by atoms with Crippen molar-refractivity contribution in [1.82, 2.24) is 5.32 Å². The third-order valence-electron chi connectivity index (χ3n) is 3.44. The lowest BCUT2D eigenvalue weighted by molar-refractivity contribution is 0.0917. The van der Waals surface area contributed by atoms with Gasteiger partial charge >= 0.3 is 0 Å². The van der Waals surface area contributed by atoms with Crippen molar-refractivity contribution >= 4 is 12.1 Å². The monoisotopic (exact) mass is 344 g/mol. The Hall–Kier alpha value is -3.06. The number of nitrogens with one attached hydrogen (secondary N) is 1. The fourth-order valence-electron chi connectivity index (χ4n) is 2.12. The molecule has 0 aromatic heterocycles. The molecule has 7 nitrogen and oxygen atoms in total. The van der Waals surface area contributed by atoms with Gasteiger partial charge in [0.05, 0.1) is 25.3 Å². The van der Waals surface area contributed by atoms with E-state index in [4.69, 9.17) is 4.74 Å². The van der Waals surface area contributed by atoms with E-state index in [0.717, 1.165) is 0 Å². The van der Waals surface area contributed by atoms with Crippen molar-refractivity contribution in [2.24, 2.45) is 4.99 Å². The number of ether oxygens (including phenoxy) is 1. The second kappa shape index (κ2) is 8.70. The summed E-state index contributed by atoms with van der Waals surface area (Å²) in [6.45, 7) is 0.0201. The van der Waals surface area contributed by atoms with Gasteiger partial charge in [0.25, 0.3) is 5.91 Å². The third-order valence-corrected chi connectivity index (χ3v) is 3.44. The summed E-state index contributed by atoms with van der Waals surface area (Å²) in [6, 6.07) is 11.1. The standard InChI is InChI=1S/C18H20N2O5/c1-25-16-8-4-5-12(17(16)23)9-19-10-13(21)11-20-18(24)14-6-2-3-7-15(14)22/h2-9,13,21-23H,10-11H2,1H3,(H,20,24)/t13-/m1/s1. The van der Waals surface area contributed by atoms with Crippen molar-refractivity contribution in [3.8, 4) is 17.2 Å². The molecule has 25 heavy (non-hydrogen) atoms. The molecule has 0 bridgehead atoms. The van der Waals surface area contributed by atoms with Crippen LogP contribution in [0.15, 0.2) is 47.5 Å². The van der Waals surface area contributed by atoms with E-state index in [-0.39, 0.29) is 30.2 Å². The van der Waals surface area contributed by atoms with Crippen molar-refractivity contribution in [1.29, 1.82) is 0 Å². The first-order chi connectivity index (χ1) is 12.0. The van der Waals surface area contributed by atoms with Gasteiger partial charge in [0.1, 0.15) is 5.75 Å². The number of para-hydroxylation sites is 2. The Labute approximate surface area is 145 Å². The number of phenolic OH excluding ortho intramolecular Hbond substituents is 2. The maximum Gasteiger partial charge on any atom is 0.255 e. The summed E-state index contributed by atoms with van der Waals surface area (Å²) < 4.78 is 5.00. The quantitative estimate of drug-likeness (QED) is 0.566. The van der Waals surface area contributed by atoms with E-state index >= 15 is 0 Å². The van der Waals surface area contributed by atoms with Gasteiger partial charge in [-0.05, 0) is 24.3 Å². The number of rotatable bonds is 7. The lowest BCUT2D eigenvalue weighted by atomic mass is 10.2. The molecule has 7 heteroatoms. The van der Waals surface area contributed by atoms with Crippen molar-refractivity contribution < 1.29 is 24.9 Å². The Morgan fingerprint density at radius 2 is 2.00 bits per heavy atom. The minimum atomic E-state index is -0.904. The fraction of sp³-hybridized carbons (Fsp3) is 0.222. The maximum atomic E-state index is 11.9. The lowest BCUT2D eigenvalue weighted by Gasteiger charge is -2.10. The summed E-state index contributed by atoms with van der Waals surface area (Å²) in [5, 5.41) is 31.9. The molecule has 2 aromatic carbocycles. The molecule has 0 spiro atoms. The van der Waals surface area contributed by atoms with Crippen molar-refractivity contribution in [2.75, 3.05) is 20.2 Å². The summed E-state index contributed by atoms with van der Waals surface area (Å²) in [4.78, 5) is 16.0. The van der Waals surface area contributed by atoms with Crippen LogP contribution in [0.2, 0.25) is 0 Å². The molecule has 2 aromatic rings. The average molecular weight is 344 g/mol. The molecular formula is C18H20N2O5. The van der Waals surface area contributed by atoms with E-state index in [1.165, 1.54) is 25.5 Å². The minimum Gasteiger partial charge on any atom is -0.507 e. The van der Waals surface area contributed by atoms with Gasteiger partial charge in [-0.3, -0.25) is 9.79 Å². The second-order valence-electron chi connectivity index (χ2n) is 5.27. The smallest absolute Gasteiger partial charge is 0.255 e. The van der Waals surface area contributed by atoms with Crippen LogP contribution in [-0.4, -0.2) is 53.7 Å². The van der Waals surface area contributed by atoms with Crippen LogP contribution in [0.25, 0.3) is 0 Å². The van der Waals surface area contributed by atoms with Crippen LogP contribution in [0, 0.1) is 0 Å². The predicted molar refractivity (Wildman–Crippen MR) is 93.6 cm³/mol. The molecule has 0 saturated carbocycles. The highest BCUT2D eigenvalue weighted by Crippen LogP contribution is 2.27. The average Bonchev–Trinajstić information content (AvgIpc) is 2.61. The number of carbonyl (C=O) groups is 1. The molecule has 1 amide bonds. The molecular weight excluding hydrogens is 324 g/mol. The zero-order valence-corrected chi connectivity index (χ0v) is 13.7. The number of methoxy groups -OCH3 is 1.